The van der Waals surface area contributed by atoms with E-state index in [1.54, 1.807) is 24.3 Å². The first-order chi connectivity index (χ1) is 15.8. The first-order valence-corrected chi connectivity index (χ1v) is 10.4. The van der Waals surface area contributed by atoms with E-state index in [0.717, 1.165) is 11.1 Å². The summed E-state index contributed by atoms with van der Waals surface area (Å²) in [5, 5.41) is 23.6. The number of nitro benzene ring substituents is 1. The largest absolute Gasteiger partial charge is 0.496 e. The molecule has 9 heteroatoms. The second-order valence-electron chi connectivity index (χ2n) is 7.22. The lowest BCUT2D eigenvalue weighted by atomic mass is 9.99. The highest BCUT2D eigenvalue weighted by atomic mass is 35.5. The summed E-state index contributed by atoms with van der Waals surface area (Å²) >= 11 is 5.97. The van der Waals surface area contributed by atoms with Crippen LogP contribution >= 0.6 is 11.6 Å². The van der Waals surface area contributed by atoms with Crippen LogP contribution in [0.25, 0.3) is 11.1 Å². The number of carboxylic acids is 1. The van der Waals surface area contributed by atoms with Crippen molar-refractivity contribution in [3.8, 4) is 16.9 Å². The first kappa shape index (κ1) is 23.7. The molecule has 0 saturated heterocycles. The number of hydrogen-bond acceptors (Lipinski definition) is 5. The van der Waals surface area contributed by atoms with Gasteiger partial charge in [0, 0.05) is 23.2 Å². The number of nitrogens with zero attached hydrogens (tertiary/aromatic N) is 1. The lowest BCUT2D eigenvalue weighted by Gasteiger charge is -2.10. The molecular weight excluding hydrogens is 448 g/mol. The van der Waals surface area contributed by atoms with Gasteiger partial charge in [0.2, 0.25) is 0 Å². The van der Waals surface area contributed by atoms with Gasteiger partial charge in [-0.1, -0.05) is 48.0 Å². The van der Waals surface area contributed by atoms with Gasteiger partial charge < -0.3 is 15.2 Å². The molecule has 1 amide bonds. The van der Waals surface area contributed by atoms with E-state index >= 15 is 0 Å². The summed E-state index contributed by atoms with van der Waals surface area (Å²) in [6.45, 7) is 0.392. The van der Waals surface area contributed by atoms with Crippen molar-refractivity contribution in [1.29, 1.82) is 0 Å². The molecule has 170 valence electrons. The lowest BCUT2D eigenvalue weighted by Crippen LogP contribution is -2.26. The Labute approximate surface area is 194 Å². The summed E-state index contributed by atoms with van der Waals surface area (Å²) in [5.74, 6) is -0.986. The number of benzene rings is 3. The van der Waals surface area contributed by atoms with E-state index in [4.69, 9.17) is 21.4 Å². The van der Waals surface area contributed by atoms with Gasteiger partial charge >= 0.3 is 5.97 Å². The molecule has 0 aromatic heterocycles. The number of carboxylic acid groups (broad SMARTS) is 1. The minimum absolute atomic E-state index is 0.153. The van der Waals surface area contributed by atoms with Gasteiger partial charge in [0.15, 0.2) is 0 Å². The molecular formula is C24H21ClN2O6. The van der Waals surface area contributed by atoms with Crippen LogP contribution in [0.5, 0.6) is 5.75 Å². The van der Waals surface area contributed by atoms with Gasteiger partial charge in [-0.3, -0.25) is 19.7 Å². The molecule has 0 spiro atoms. The van der Waals surface area contributed by atoms with Crippen molar-refractivity contribution in [2.24, 2.45) is 0 Å². The standard InChI is InChI=1S/C24H21ClN2O6/c1-33-22-9-8-19(25)14-20(22)24(30)26-11-10-15-2-4-16(5-3-15)17-6-7-18(13-23(28)29)21(12-17)27(31)32/h2-9,12,14H,10-11,13H2,1H3,(H,26,30)(H,28,29). The summed E-state index contributed by atoms with van der Waals surface area (Å²) in [4.78, 5) is 34.1. The fourth-order valence-electron chi connectivity index (χ4n) is 3.36. The van der Waals surface area contributed by atoms with Crippen LogP contribution in [0.2, 0.25) is 5.02 Å². The zero-order chi connectivity index (χ0) is 24.0. The third-order valence-corrected chi connectivity index (χ3v) is 5.25. The van der Waals surface area contributed by atoms with Gasteiger partial charge in [-0.25, -0.2) is 0 Å². The molecule has 0 radical (unpaired) electrons. The minimum Gasteiger partial charge on any atom is -0.496 e. The zero-order valence-electron chi connectivity index (χ0n) is 17.7. The number of hydrogen-bond donors (Lipinski definition) is 2. The summed E-state index contributed by atoms with van der Waals surface area (Å²) in [5.41, 5.74) is 2.63. The van der Waals surface area contributed by atoms with Crippen molar-refractivity contribution in [2.75, 3.05) is 13.7 Å². The maximum Gasteiger partial charge on any atom is 0.308 e. The number of methoxy groups -OCH3 is 1. The summed E-state index contributed by atoms with van der Waals surface area (Å²) < 4.78 is 5.20. The van der Waals surface area contributed by atoms with Gasteiger partial charge in [0.1, 0.15) is 5.75 Å². The Hall–Kier alpha value is -3.91. The Kier molecular flexibility index (Phi) is 7.63. The van der Waals surface area contributed by atoms with Crippen LogP contribution in [0, 0.1) is 10.1 Å². The fraction of sp³-hybridized carbons (Fsp3) is 0.167. The first-order valence-electron chi connectivity index (χ1n) is 9.98. The van der Waals surface area contributed by atoms with Crippen molar-refractivity contribution >= 4 is 29.2 Å². The van der Waals surface area contributed by atoms with Crippen LogP contribution < -0.4 is 10.1 Å². The van der Waals surface area contributed by atoms with E-state index in [1.165, 1.54) is 19.2 Å². The number of aliphatic carboxylic acids is 1. The lowest BCUT2D eigenvalue weighted by molar-refractivity contribution is -0.385. The van der Waals surface area contributed by atoms with E-state index in [9.17, 15) is 19.7 Å². The highest BCUT2D eigenvalue weighted by molar-refractivity contribution is 6.31. The molecule has 33 heavy (non-hydrogen) atoms. The summed E-state index contributed by atoms with van der Waals surface area (Å²) in [6, 6.07) is 16.7. The average Bonchev–Trinajstić information content (AvgIpc) is 2.79. The summed E-state index contributed by atoms with van der Waals surface area (Å²) in [7, 11) is 1.48. The number of carbonyl (C=O) groups is 2. The Bertz CT molecular complexity index is 1190. The van der Waals surface area contributed by atoms with Gasteiger partial charge in [-0.2, -0.15) is 0 Å². The number of carbonyl (C=O) groups excluding carboxylic acids is 1. The number of rotatable bonds is 9. The monoisotopic (exact) mass is 468 g/mol. The predicted octanol–water partition coefficient (Wildman–Crippen LogP) is 4.52. The second kappa shape index (κ2) is 10.6. The number of nitro groups is 1. The Morgan fingerprint density at radius 3 is 2.39 bits per heavy atom. The van der Waals surface area contributed by atoms with Crippen LogP contribution in [-0.4, -0.2) is 35.6 Å². The highest BCUT2D eigenvalue weighted by Crippen LogP contribution is 2.28. The summed E-state index contributed by atoms with van der Waals surface area (Å²) in [6.07, 6.45) is 0.162. The number of nitrogens with one attached hydrogen (secondary N) is 1. The Morgan fingerprint density at radius 1 is 1.06 bits per heavy atom. The molecule has 0 unspecified atom stereocenters. The SMILES string of the molecule is COc1ccc(Cl)cc1C(=O)NCCc1ccc(-c2ccc(CC(=O)O)c([N+](=O)[O-])c2)cc1. The molecule has 0 heterocycles. The van der Waals surface area contributed by atoms with Crippen molar-refractivity contribution in [1.82, 2.24) is 5.32 Å². The zero-order valence-corrected chi connectivity index (χ0v) is 18.5. The van der Waals surface area contributed by atoms with Crippen LogP contribution in [0.15, 0.2) is 60.7 Å². The van der Waals surface area contributed by atoms with E-state index in [1.807, 2.05) is 24.3 Å². The minimum atomic E-state index is -1.13. The molecule has 0 atom stereocenters. The predicted molar refractivity (Wildman–Crippen MR) is 124 cm³/mol. The molecule has 2 N–H and O–H groups in total. The third-order valence-electron chi connectivity index (χ3n) is 5.02. The Morgan fingerprint density at radius 2 is 1.76 bits per heavy atom. The number of amides is 1. The van der Waals surface area contributed by atoms with E-state index in [2.05, 4.69) is 5.32 Å². The fourth-order valence-corrected chi connectivity index (χ4v) is 3.53. The molecule has 0 saturated carbocycles. The Balaban J connectivity index is 1.66. The molecule has 8 nitrogen and oxygen atoms in total. The number of ether oxygens (including phenoxy) is 1. The van der Waals surface area contributed by atoms with Crippen molar-refractivity contribution < 1.29 is 24.4 Å². The van der Waals surface area contributed by atoms with E-state index < -0.39 is 17.3 Å². The second-order valence-corrected chi connectivity index (χ2v) is 7.65. The topological polar surface area (TPSA) is 119 Å². The molecule has 3 aromatic rings. The normalized spacial score (nSPS) is 10.5. The van der Waals surface area contributed by atoms with E-state index in [0.29, 0.717) is 34.9 Å². The van der Waals surface area contributed by atoms with Gasteiger partial charge in [-0.05, 0) is 41.3 Å². The quantitative estimate of drug-likeness (QED) is 0.352. The molecule has 0 aliphatic carbocycles. The van der Waals surface area contributed by atoms with Gasteiger partial charge in [0.05, 0.1) is 24.0 Å². The van der Waals surface area contributed by atoms with Crippen LogP contribution in [0.3, 0.4) is 0 Å². The van der Waals surface area contributed by atoms with Gasteiger partial charge in [-0.15, -0.1) is 0 Å². The van der Waals surface area contributed by atoms with E-state index in [-0.39, 0.29) is 17.2 Å². The maximum atomic E-state index is 12.4. The maximum absolute atomic E-state index is 12.4. The number of halogens is 1. The van der Waals surface area contributed by atoms with Crippen molar-refractivity contribution in [2.45, 2.75) is 12.8 Å². The third kappa shape index (κ3) is 6.08. The molecule has 0 bridgehead atoms. The molecule has 3 aromatic carbocycles. The highest BCUT2D eigenvalue weighted by Gasteiger charge is 2.17. The van der Waals surface area contributed by atoms with Crippen LogP contribution in [0.4, 0.5) is 5.69 Å². The molecule has 3 rings (SSSR count). The average molecular weight is 469 g/mol. The van der Waals surface area contributed by atoms with Gasteiger partial charge in [0.25, 0.3) is 11.6 Å². The van der Waals surface area contributed by atoms with Crippen molar-refractivity contribution in [3.05, 3.63) is 92.5 Å². The molecule has 0 aliphatic heterocycles. The van der Waals surface area contributed by atoms with Crippen LogP contribution in [0.1, 0.15) is 21.5 Å². The van der Waals surface area contributed by atoms with Crippen molar-refractivity contribution in [3.63, 3.8) is 0 Å². The molecule has 0 aliphatic rings. The van der Waals surface area contributed by atoms with Crippen LogP contribution in [-0.2, 0) is 17.6 Å². The smallest absolute Gasteiger partial charge is 0.308 e. The molecule has 0 fully saturated rings.